The number of H-pyrrole nitrogens is 1. The van der Waals surface area contributed by atoms with E-state index in [1.165, 1.54) is 27.8 Å². The molecule has 19 heavy (non-hydrogen) atoms. The van der Waals surface area contributed by atoms with E-state index in [2.05, 4.69) is 55.2 Å². The highest BCUT2D eigenvalue weighted by Crippen LogP contribution is 2.31. The van der Waals surface area contributed by atoms with E-state index in [4.69, 9.17) is 4.74 Å². The van der Waals surface area contributed by atoms with Gasteiger partial charge in [0.05, 0.1) is 7.11 Å². The van der Waals surface area contributed by atoms with Crippen molar-refractivity contribution in [3.63, 3.8) is 0 Å². The number of aromatic amines is 1. The number of aryl methyl sites for hydroxylation is 2. The Morgan fingerprint density at radius 3 is 2.37 bits per heavy atom. The van der Waals surface area contributed by atoms with Crippen molar-refractivity contribution in [2.45, 2.75) is 13.8 Å². The monoisotopic (exact) mass is 251 g/mol. The van der Waals surface area contributed by atoms with Crippen LogP contribution in [0.5, 0.6) is 5.75 Å². The second-order valence-corrected chi connectivity index (χ2v) is 4.90. The predicted octanol–water partition coefficient (Wildman–Crippen LogP) is 4.46. The van der Waals surface area contributed by atoms with E-state index < -0.39 is 0 Å². The van der Waals surface area contributed by atoms with E-state index in [0.717, 1.165) is 11.3 Å². The summed E-state index contributed by atoms with van der Waals surface area (Å²) in [5.41, 5.74) is 6.09. The van der Waals surface area contributed by atoms with E-state index in [-0.39, 0.29) is 0 Å². The van der Waals surface area contributed by atoms with Crippen molar-refractivity contribution in [2.75, 3.05) is 7.11 Å². The third-order valence-electron chi connectivity index (χ3n) is 3.61. The molecule has 0 aliphatic carbocycles. The maximum atomic E-state index is 5.29. The Bertz CT molecular complexity index is 723. The van der Waals surface area contributed by atoms with Gasteiger partial charge in [-0.05, 0) is 43.2 Å². The van der Waals surface area contributed by atoms with Gasteiger partial charge in [0.15, 0.2) is 0 Å². The van der Waals surface area contributed by atoms with Crippen LogP contribution in [0.2, 0.25) is 0 Å². The molecule has 1 heterocycles. The first kappa shape index (κ1) is 11.8. The number of benzene rings is 2. The van der Waals surface area contributed by atoms with E-state index in [9.17, 15) is 0 Å². The van der Waals surface area contributed by atoms with Crippen molar-refractivity contribution in [3.05, 3.63) is 53.6 Å². The van der Waals surface area contributed by atoms with Gasteiger partial charge in [0.2, 0.25) is 0 Å². The van der Waals surface area contributed by atoms with Crippen LogP contribution in [0.1, 0.15) is 11.1 Å². The quantitative estimate of drug-likeness (QED) is 0.714. The zero-order valence-corrected chi connectivity index (χ0v) is 11.4. The molecule has 0 spiro atoms. The Morgan fingerprint density at radius 1 is 0.947 bits per heavy atom. The third kappa shape index (κ3) is 1.99. The first-order valence-electron chi connectivity index (χ1n) is 6.42. The molecule has 1 N–H and O–H groups in total. The molecule has 3 aromatic rings. The number of aromatic nitrogens is 1. The van der Waals surface area contributed by atoms with Crippen LogP contribution in [-0.2, 0) is 0 Å². The largest absolute Gasteiger partial charge is 0.497 e. The van der Waals surface area contributed by atoms with Crippen LogP contribution in [0.4, 0.5) is 0 Å². The van der Waals surface area contributed by atoms with Gasteiger partial charge < -0.3 is 9.72 Å². The molecule has 0 bridgehead atoms. The van der Waals surface area contributed by atoms with Crippen molar-refractivity contribution in [2.24, 2.45) is 0 Å². The average molecular weight is 251 g/mol. The van der Waals surface area contributed by atoms with Gasteiger partial charge in [-0.25, -0.2) is 0 Å². The van der Waals surface area contributed by atoms with Crippen LogP contribution in [-0.4, -0.2) is 12.1 Å². The molecule has 1 aromatic heterocycles. The fraction of sp³-hybridized carbons (Fsp3) is 0.176. The Morgan fingerprint density at radius 2 is 1.68 bits per heavy atom. The highest BCUT2D eigenvalue weighted by Gasteiger charge is 2.10. The lowest BCUT2D eigenvalue weighted by molar-refractivity contribution is 0.415. The number of rotatable bonds is 2. The summed E-state index contributed by atoms with van der Waals surface area (Å²) in [6, 6.07) is 14.7. The van der Waals surface area contributed by atoms with E-state index in [1.54, 1.807) is 7.11 Å². The molecule has 0 unspecified atom stereocenters. The van der Waals surface area contributed by atoms with E-state index in [0.29, 0.717) is 0 Å². The number of nitrogens with one attached hydrogen (secondary N) is 1. The van der Waals surface area contributed by atoms with Gasteiger partial charge in [0.25, 0.3) is 0 Å². The maximum Gasteiger partial charge on any atom is 0.119 e. The summed E-state index contributed by atoms with van der Waals surface area (Å²) in [5, 5.41) is 1.22. The maximum absolute atomic E-state index is 5.29. The van der Waals surface area contributed by atoms with Gasteiger partial charge in [-0.1, -0.05) is 29.8 Å². The Balaban J connectivity index is 2.19. The van der Waals surface area contributed by atoms with Gasteiger partial charge in [0.1, 0.15) is 5.75 Å². The third-order valence-corrected chi connectivity index (χ3v) is 3.61. The van der Waals surface area contributed by atoms with E-state index in [1.807, 2.05) is 6.07 Å². The Hall–Kier alpha value is -2.22. The molecule has 0 saturated carbocycles. The van der Waals surface area contributed by atoms with Crippen LogP contribution in [0.15, 0.2) is 42.5 Å². The fourth-order valence-corrected chi connectivity index (χ4v) is 2.44. The smallest absolute Gasteiger partial charge is 0.119 e. The lowest BCUT2D eigenvalue weighted by Crippen LogP contribution is -1.81. The zero-order chi connectivity index (χ0) is 13.4. The van der Waals surface area contributed by atoms with Crippen LogP contribution < -0.4 is 4.74 Å². The molecule has 0 aliphatic heterocycles. The SMILES string of the molecule is COc1ccc2[nH]c(-c3ccc(C)cc3)c(C)c2c1. The summed E-state index contributed by atoms with van der Waals surface area (Å²) in [5.74, 6) is 0.894. The summed E-state index contributed by atoms with van der Waals surface area (Å²) in [4.78, 5) is 3.50. The van der Waals surface area contributed by atoms with Crippen LogP contribution >= 0.6 is 0 Å². The highest BCUT2D eigenvalue weighted by molar-refractivity contribution is 5.91. The van der Waals surface area contributed by atoms with Crippen LogP contribution in [0, 0.1) is 13.8 Å². The van der Waals surface area contributed by atoms with Gasteiger partial charge in [-0.15, -0.1) is 0 Å². The predicted molar refractivity (Wildman–Crippen MR) is 79.8 cm³/mol. The van der Waals surface area contributed by atoms with Crippen molar-refractivity contribution < 1.29 is 4.74 Å². The molecule has 3 rings (SSSR count). The molecule has 0 atom stereocenters. The van der Waals surface area contributed by atoms with Gasteiger partial charge in [-0.3, -0.25) is 0 Å². The van der Waals surface area contributed by atoms with Gasteiger partial charge >= 0.3 is 0 Å². The van der Waals surface area contributed by atoms with Crippen molar-refractivity contribution in [1.29, 1.82) is 0 Å². The van der Waals surface area contributed by atoms with Gasteiger partial charge in [-0.2, -0.15) is 0 Å². The van der Waals surface area contributed by atoms with Gasteiger partial charge in [0, 0.05) is 16.6 Å². The number of hydrogen-bond donors (Lipinski definition) is 1. The summed E-state index contributed by atoms with van der Waals surface area (Å²) >= 11 is 0. The molecule has 2 heteroatoms. The summed E-state index contributed by atoms with van der Waals surface area (Å²) in [6.07, 6.45) is 0. The molecule has 2 aromatic carbocycles. The molecule has 0 amide bonds. The van der Waals surface area contributed by atoms with Crippen LogP contribution in [0.3, 0.4) is 0 Å². The standard InChI is InChI=1S/C17H17NO/c1-11-4-6-13(7-5-11)17-12(2)15-10-14(19-3)8-9-16(15)18-17/h4-10,18H,1-3H3. The topological polar surface area (TPSA) is 25.0 Å². The fourth-order valence-electron chi connectivity index (χ4n) is 2.44. The summed E-state index contributed by atoms with van der Waals surface area (Å²) in [6.45, 7) is 4.25. The van der Waals surface area contributed by atoms with Crippen LogP contribution in [0.25, 0.3) is 22.2 Å². The van der Waals surface area contributed by atoms with E-state index >= 15 is 0 Å². The number of fused-ring (bicyclic) bond motifs is 1. The lowest BCUT2D eigenvalue weighted by atomic mass is 10.1. The molecule has 0 aliphatic rings. The lowest BCUT2D eigenvalue weighted by Gasteiger charge is -2.01. The average Bonchev–Trinajstić information content (AvgIpc) is 2.76. The summed E-state index contributed by atoms with van der Waals surface area (Å²) < 4.78 is 5.29. The molecule has 2 nitrogen and oxygen atoms in total. The first-order valence-corrected chi connectivity index (χ1v) is 6.42. The number of methoxy groups -OCH3 is 1. The molecular formula is C17H17NO. The molecular weight excluding hydrogens is 234 g/mol. The normalized spacial score (nSPS) is 10.9. The summed E-state index contributed by atoms with van der Waals surface area (Å²) in [7, 11) is 1.70. The zero-order valence-electron chi connectivity index (χ0n) is 11.4. The van der Waals surface area contributed by atoms with Crippen molar-refractivity contribution >= 4 is 10.9 Å². The van der Waals surface area contributed by atoms with Crippen molar-refractivity contribution in [1.82, 2.24) is 4.98 Å². The molecule has 96 valence electrons. The minimum atomic E-state index is 0.894. The highest BCUT2D eigenvalue weighted by atomic mass is 16.5. The minimum Gasteiger partial charge on any atom is -0.497 e. The second-order valence-electron chi connectivity index (χ2n) is 4.90. The minimum absolute atomic E-state index is 0.894. The van der Waals surface area contributed by atoms with Crippen molar-refractivity contribution in [3.8, 4) is 17.0 Å². The number of hydrogen-bond acceptors (Lipinski definition) is 1. The molecule has 0 saturated heterocycles. The Labute approximate surface area is 113 Å². The first-order chi connectivity index (χ1) is 9.19. The molecule has 0 fully saturated rings. The Kier molecular flexibility index (Phi) is 2.79. The second kappa shape index (κ2) is 4.47. The number of ether oxygens (including phenoxy) is 1. The molecule has 0 radical (unpaired) electrons.